The molecule has 1 atom stereocenters. The summed E-state index contributed by atoms with van der Waals surface area (Å²) in [5.74, 6) is -0.249. The van der Waals surface area contributed by atoms with Crippen LogP contribution in [-0.2, 0) is 24.2 Å². The Kier molecular flexibility index (Phi) is 7.90. The molecule has 43 heavy (non-hydrogen) atoms. The fraction of sp³-hybridized carbons (Fsp3) is 0.441. The van der Waals surface area contributed by atoms with Gasteiger partial charge in [0.1, 0.15) is 0 Å². The second kappa shape index (κ2) is 11.8. The first-order chi connectivity index (χ1) is 20.8. The van der Waals surface area contributed by atoms with Crippen LogP contribution in [0.4, 0.5) is 0 Å². The molecule has 0 spiro atoms. The molecule has 0 radical (unpaired) electrons. The fourth-order valence-electron chi connectivity index (χ4n) is 7.33. The summed E-state index contributed by atoms with van der Waals surface area (Å²) in [7, 11) is 0. The van der Waals surface area contributed by atoms with E-state index in [4.69, 9.17) is 0 Å². The van der Waals surface area contributed by atoms with Crippen molar-refractivity contribution in [3.05, 3.63) is 86.9 Å². The molecule has 2 aliphatic rings. The van der Waals surface area contributed by atoms with Crippen LogP contribution in [0.5, 0.6) is 0 Å². The van der Waals surface area contributed by atoms with E-state index in [0.29, 0.717) is 31.5 Å². The maximum atomic E-state index is 14.3. The summed E-state index contributed by atoms with van der Waals surface area (Å²) < 4.78 is 4.01. The lowest BCUT2D eigenvalue weighted by Gasteiger charge is -2.39. The van der Waals surface area contributed by atoms with Gasteiger partial charge in [0.2, 0.25) is 5.82 Å². The molecule has 0 saturated heterocycles. The third kappa shape index (κ3) is 5.15. The van der Waals surface area contributed by atoms with Crippen LogP contribution < -0.4 is 5.56 Å². The number of nitrogens with zero attached hydrogens (tertiary/aromatic N) is 5. The number of fused-ring (bicyclic) bond motifs is 1. The number of aliphatic carboxylic acids is 1. The molecule has 0 amide bonds. The molecular formula is C34H40N6O3. The number of hydrogen-bond donors (Lipinski definition) is 2. The van der Waals surface area contributed by atoms with E-state index in [1.165, 1.54) is 0 Å². The molecule has 2 N–H and O–H groups in total. The maximum absolute atomic E-state index is 14.3. The Morgan fingerprint density at radius 2 is 1.77 bits per heavy atom. The van der Waals surface area contributed by atoms with Crippen LogP contribution in [0.25, 0.3) is 22.5 Å². The summed E-state index contributed by atoms with van der Waals surface area (Å²) in [5.41, 5.74) is 7.16. The number of tetrazole rings is 1. The van der Waals surface area contributed by atoms with Crippen LogP contribution in [0.3, 0.4) is 0 Å². The minimum absolute atomic E-state index is 0.0226. The van der Waals surface area contributed by atoms with Crippen molar-refractivity contribution < 1.29 is 9.90 Å². The molecule has 224 valence electrons. The first-order valence-electron chi connectivity index (χ1n) is 15.5. The molecule has 0 bridgehead atoms. The zero-order valence-corrected chi connectivity index (χ0v) is 25.3. The Morgan fingerprint density at radius 3 is 2.42 bits per heavy atom. The predicted octanol–water partition coefficient (Wildman–Crippen LogP) is 6.36. The second-order valence-electron chi connectivity index (χ2n) is 12.3. The van der Waals surface area contributed by atoms with Crippen LogP contribution in [-0.4, -0.2) is 41.1 Å². The van der Waals surface area contributed by atoms with Crippen molar-refractivity contribution in [3.63, 3.8) is 0 Å². The van der Waals surface area contributed by atoms with Crippen molar-refractivity contribution in [1.29, 1.82) is 0 Å². The smallest absolute Gasteiger partial charge is 0.312 e. The molecule has 1 aliphatic carbocycles. The maximum Gasteiger partial charge on any atom is 0.312 e. The predicted molar refractivity (Wildman–Crippen MR) is 166 cm³/mol. The van der Waals surface area contributed by atoms with Crippen molar-refractivity contribution in [2.24, 2.45) is 5.41 Å². The number of carboxylic acids is 1. The van der Waals surface area contributed by atoms with Gasteiger partial charge in [0, 0.05) is 29.8 Å². The fourth-order valence-corrected chi connectivity index (χ4v) is 7.33. The Labute approximate surface area is 251 Å². The van der Waals surface area contributed by atoms with Gasteiger partial charge in [0.05, 0.1) is 11.5 Å². The minimum atomic E-state index is -0.972. The van der Waals surface area contributed by atoms with E-state index in [1.54, 1.807) is 0 Å². The summed E-state index contributed by atoms with van der Waals surface area (Å²) in [4.78, 5) is 27.3. The van der Waals surface area contributed by atoms with Crippen molar-refractivity contribution in [1.82, 2.24) is 30.0 Å². The van der Waals surface area contributed by atoms with E-state index >= 15 is 0 Å². The molecular weight excluding hydrogens is 540 g/mol. The lowest BCUT2D eigenvalue weighted by Crippen LogP contribution is -2.46. The first-order valence-corrected chi connectivity index (χ1v) is 15.5. The number of rotatable bonds is 10. The minimum Gasteiger partial charge on any atom is -0.481 e. The number of carbonyl (C=O) groups is 1. The second-order valence-corrected chi connectivity index (χ2v) is 12.3. The molecule has 9 heteroatoms. The molecule has 6 rings (SSSR count). The van der Waals surface area contributed by atoms with Gasteiger partial charge in [-0.1, -0.05) is 79.4 Å². The van der Waals surface area contributed by atoms with Crippen molar-refractivity contribution in [2.75, 3.05) is 0 Å². The number of nitrogens with one attached hydrogen (secondary N) is 1. The van der Waals surface area contributed by atoms with Crippen molar-refractivity contribution in [2.45, 2.75) is 91.1 Å². The number of benzene rings is 2. The number of unbranched alkanes of at least 4 members (excludes halogenated alkanes) is 2. The molecule has 1 aliphatic heterocycles. The van der Waals surface area contributed by atoms with Gasteiger partial charge < -0.3 is 5.11 Å². The summed E-state index contributed by atoms with van der Waals surface area (Å²) in [6.45, 7) is 7.01. The zero-order valence-electron chi connectivity index (χ0n) is 25.3. The standard InChI is InChI=1S/C34H40N6O3/c1-4-5-6-12-29-28(19-24-14-16-25(17-15-24)26-10-7-8-11-27(26)31-35-37-38-36-31)32(41)40-30(13-9-18-39(29)40)34(33(42)43)20-22(2)23(3)21-34/h7-8,10-11,14-17,30H,4-6,9,12-13,18-21H2,1-3H3,(H,42,43)(H,35,36,37,38). The van der Waals surface area contributed by atoms with Gasteiger partial charge in [0.25, 0.3) is 5.56 Å². The van der Waals surface area contributed by atoms with Crippen molar-refractivity contribution >= 4 is 5.97 Å². The van der Waals surface area contributed by atoms with Crippen LogP contribution in [0.15, 0.2) is 64.5 Å². The average molecular weight is 581 g/mol. The van der Waals surface area contributed by atoms with E-state index < -0.39 is 11.4 Å². The van der Waals surface area contributed by atoms with Gasteiger partial charge in [-0.2, -0.15) is 5.21 Å². The molecule has 2 aromatic carbocycles. The van der Waals surface area contributed by atoms with E-state index in [-0.39, 0.29) is 11.6 Å². The quantitative estimate of drug-likeness (QED) is 0.167. The highest BCUT2D eigenvalue weighted by Gasteiger charge is 2.52. The van der Waals surface area contributed by atoms with Crippen LogP contribution in [0.2, 0.25) is 0 Å². The van der Waals surface area contributed by atoms with Crippen LogP contribution >= 0.6 is 0 Å². The topological polar surface area (TPSA) is 119 Å². The number of aromatic amines is 1. The number of aromatic nitrogens is 6. The van der Waals surface area contributed by atoms with Gasteiger partial charge in [0.15, 0.2) is 0 Å². The SMILES string of the molecule is CCCCCc1c(Cc2ccc(-c3ccccc3-c3nn[nH]n3)cc2)c(=O)n2n1CCCC2C1(C(=O)O)CC(C)=C(C)C1. The highest BCUT2D eigenvalue weighted by atomic mass is 16.4. The molecule has 2 aromatic heterocycles. The van der Waals surface area contributed by atoms with Gasteiger partial charge >= 0.3 is 5.97 Å². The van der Waals surface area contributed by atoms with E-state index in [9.17, 15) is 14.7 Å². The molecule has 9 nitrogen and oxygen atoms in total. The number of H-pyrrole nitrogens is 1. The third-order valence-corrected chi connectivity index (χ3v) is 9.66. The monoisotopic (exact) mass is 580 g/mol. The Bertz CT molecular complexity index is 1700. The number of allylic oxidation sites excluding steroid dienone is 2. The van der Waals surface area contributed by atoms with Crippen LogP contribution in [0, 0.1) is 5.41 Å². The molecule has 4 aromatic rings. The zero-order chi connectivity index (χ0) is 30.1. The van der Waals surface area contributed by atoms with E-state index in [2.05, 4.69) is 56.5 Å². The van der Waals surface area contributed by atoms with Gasteiger partial charge in [-0.25, -0.2) is 4.68 Å². The summed E-state index contributed by atoms with van der Waals surface area (Å²) in [6.07, 6.45) is 7.13. The summed E-state index contributed by atoms with van der Waals surface area (Å²) in [6, 6.07) is 15.9. The lowest BCUT2D eigenvalue weighted by atomic mass is 9.74. The van der Waals surface area contributed by atoms with E-state index in [0.717, 1.165) is 83.3 Å². The molecule has 1 unspecified atom stereocenters. The molecule has 0 fully saturated rings. The van der Waals surface area contributed by atoms with Gasteiger partial charge in [-0.15, -0.1) is 10.2 Å². The molecule has 0 saturated carbocycles. The normalized spacial score (nSPS) is 17.8. The van der Waals surface area contributed by atoms with Crippen molar-refractivity contribution in [3.8, 4) is 22.5 Å². The Hall–Kier alpha value is -4.27. The largest absolute Gasteiger partial charge is 0.481 e. The number of carboxylic acid groups (broad SMARTS) is 1. The average Bonchev–Trinajstić information content (AvgIpc) is 3.72. The lowest BCUT2D eigenvalue weighted by molar-refractivity contribution is -0.152. The number of hydrogen-bond acceptors (Lipinski definition) is 5. The Morgan fingerprint density at radius 1 is 1.05 bits per heavy atom. The molecule has 3 heterocycles. The highest BCUT2D eigenvalue weighted by Crippen LogP contribution is 2.51. The Balaban J connectivity index is 1.37. The van der Waals surface area contributed by atoms with Gasteiger partial charge in [-0.3, -0.25) is 14.3 Å². The summed E-state index contributed by atoms with van der Waals surface area (Å²) >= 11 is 0. The summed E-state index contributed by atoms with van der Waals surface area (Å²) in [5, 5.41) is 25.1. The third-order valence-electron chi connectivity index (χ3n) is 9.66. The van der Waals surface area contributed by atoms with E-state index in [1.807, 2.05) is 42.8 Å². The van der Waals surface area contributed by atoms with Crippen LogP contribution in [0.1, 0.15) is 88.6 Å². The first kappa shape index (κ1) is 28.8. The van der Waals surface area contributed by atoms with Gasteiger partial charge in [-0.05, 0) is 74.3 Å². The highest BCUT2D eigenvalue weighted by molar-refractivity contribution is 5.80.